The van der Waals surface area contributed by atoms with Gasteiger partial charge in [0, 0.05) is 25.2 Å². The van der Waals surface area contributed by atoms with Gasteiger partial charge in [0.25, 0.3) is 0 Å². The van der Waals surface area contributed by atoms with Crippen molar-refractivity contribution in [3.8, 4) is 0 Å². The molecular formula is C21H23CsF4N2O3. The first-order valence-electron chi connectivity index (χ1n) is 8.91. The summed E-state index contributed by atoms with van der Waals surface area (Å²) in [5.41, 5.74) is 5.77. The zero-order chi connectivity index (χ0) is 21.2. The van der Waals surface area contributed by atoms with E-state index in [4.69, 9.17) is 10.5 Å². The van der Waals surface area contributed by atoms with Crippen molar-refractivity contribution in [1.82, 2.24) is 4.90 Å². The minimum absolute atomic E-state index is 0. The van der Waals surface area contributed by atoms with Crippen molar-refractivity contribution in [1.29, 1.82) is 0 Å². The van der Waals surface area contributed by atoms with Crippen LogP contribution in [0.4, 0.5) is 17.6 Å². The average molecular weight is 560 g/mol. The van der Waals surface area contributed by atoms with Crippen molar-refractivity contribution < 1.29 is 101 Å². The molecule has 0 aromatic heterocycles. The van der Waals surface area contributed by atoms with Crippen LogP contribution in [0.5, 0.6) is 0 Å². The summed E-state index contributed by atoms with van der Waals surface area (Å²) >= 11 is 0. The van der Waals surface area contributed by atoms with Crippen LogP contribution < -0.4 is 74.6 Å². The predicted molar refractivity (Wildman–Crippen MR) is 103 cm³/mol. The minimum atomic E-state index is -4.62. The third-order valence-corrected chi connectivity index (χ3v) is 4.78. The van der Waals surface area contributed by atoms with E-state index in [-0.39, 0.29) is 101 Å². The van der Waals surface area contributed by atoms with Gasteiger partial charge in [-0.3, -0.25) is 9.69 Å². The van der Waals surface area contributed by atoms with Crippen molar-refractivity contribution in [2.75, 3.05) is 19.7 Å². The van der Waals surface area contributed by atoms with Crippen LogP contribution in [-0.2, 0) is 24.1 Å². The van der Waals surface area contributed by atoms with Crippen LogP contribution in [0, 0.1) is 13.2 Å². The molecule has 164 valence electrons. The van der Waals surface area contributed by atoms with Crippen LogP contribution in [0.3, 0.4) is 0 Å². The third-order valence-electron chi connectivity index (χ3n) is 4.78. The van der Waals surface area contributed by atoms with E-state index in [1.54, 1.807) is 12.1 Å². The first kappa shape index (κ1) is 28.6. The van der Waals surface area contributed by atoms with Crippen LogP contribution >= 0.6 is 0 Å². The second-order valence-electron chi connectivity index (χ2n) is 6.88. The number of aliphatic hydroxyl groups is 1. The van der Waals surface area contributed by atoms with E-state index < -0.39 is 29.6 Å². The monoisotopic (exact) mass is 560 g/mol. The topological polar surface area (TPSA) is 75.8 Å². The Kier molecular flexibility index (Phi) is 11.2. The zero-order valence-corrected chi connectivity index (χ0v) is 23.7. The van der Waals surface area contributed by atoms with Crippen molar-refractivity contribution in [2.45, 2.75) is 25.4 Å². The van der Waals surface area contributed by atoms with E-state index in [1.165, 1.54) is 6.07 Å². The van der Waals surface area contributed by atoms with Gasteiger partial charge in [-0.05, 0) is 41.0 Å². The zero-order valence-electron chi connectivity index (χ0n) is 17.4. The molecule has 1 heterocycles. The Morgan fingerprint density at radius 1 is 1.23 bits per heavy atom. The van der Waals surface area contributed by atoms with Crippen LogP contribution in [-0.4, -0.2) is 35.6 Å². The number of amides is 1. The number of alkyl halides is 3. The summed E-state index contributed by atoms with van der Waals surface area (Å²) < 4.78 is 58.1. The summed E-state index contributed by atoms with van der Waals surface area (Å²) in [6, 6.07) is 7.30. The average Bonchev–Trinajstić information content (AvgIpc) is 2.66. The quantitative estimate of drug-likeness (QED) is 0.412. The van der Waals surface area contributed by atoms with E-state index >= 15 is 0 Å². The number of nitrogens with zero attached hydrogens (tertiary/aromatic N) is 1. The number of benzene rings is 2. The third kappa shape index (κ3) is 7.54. The number of carbonyl (C=O) groups is 1. The number of hydrogen-bond acceptors (Lipinski definition) is 4. The number of hydrogen-bond donors (Lipinski definition) is 2. The summed E-state index contributed by atoms with van der Waals surface area (Å²) in [6.45, 7) is 0.927. The molecule has 3 N–H and O–H groups in total. The Balaban J connectivity index is 0.00000240. The second kappa shape index (κ2) is 12.1. The molecule has 1 amide bonds. The molecule has 0 radical (unpaired) electrons. The van der Waals surface area contributed by atoms with Crippen molar-refractivity contribution in [3.63, 3.8) is 0 Å². The molecule has 1 fully saturated rings. The molecule has 0 spiro atoms. The molecule has 0 bridgehead atoms. The number of aliphatic hydroxyl groups excluding tert-OH is 1. The van der Waals surface area contributed by atoms with Gasteiger partial charge in [-0.2, -0.15) is 13.2 Å². The maximum atomic E-state index is 13.6. The number of ether oxygens (including phenoxy) is 1. The minimum Gasteiger partial charge on any atom is -0.392 e. The van der Waals surface area contributed by atoms with Gasteiger partial charge in [0.1, 0.15) is 5.82 Å². The fraction of sp³-hybridized carbons (Fsp3) is 0.333. The van der Waals surface area contributed by atoms with Gasteiger partial charge < -0.3 is 23.0 Å². The number of nitrogens with two attached hydrogens (primary N) is 1. The molecule has 10 heteroatoms. The number of halogens is 4. The van der Waals surface area contributed by atoms with Gasteiger partial charge >= 0.3 is 75.1 Å². The molecule has 31 heavy (non-hydrogen) atoms. The van der Waals surface area contributed by atoms with Crippen LogP contribution in [0.25, 0.3) is 0 Å². The van der Waals surface area contributed by atoms with E-state index in [9.17, 15) is 27.5 Å². The summed E-state index contributed by atoms with van der Waals surface area (Å²) in [5, 5.41) is 9.47. The number of carbonyl (C=O) groups excluding carboxylic acids is 1. The Morgan fingerprint density at radius 2 is 1.94 bits per heavy atom. The smallest absolute Gasteiger partial charge is 0.392 e. The Bertz CT molecular complexity index is 909. The van der Waals surface area contributed by atoms with Crippen molar-refractivity contribution in [2.24, 2.45) is 5.73 Å². The molecular weight excluding hydrogens is 537 g/mol. The van der Waals surface area contributed by atoms with Crippen LogP contribution in [0.2, 0.25) is 0 Å². The first-order chi connectivity index (χ1) is 13.7. The fourth-order valence-electron chi connectivity index (χ4n) is 3.40. The SMILES string of the molecule is NC(=O)c1ccc(C2CN(Cc3cc(F)cc(C(F)(F)F)c3)CCO2)cc1CO.[CH3-].[Cs+]. The van der Waals surface area contributed by atoms with Crippen LogP contribution in [0.1, 0.15) is 38.7 Å². The van der Waals surface area contributed by atoms with Gasteiger partial charge in [-0.1, -0.05) is 12.1 Å². The molecule has 5 nitrogen and oxygen atoms in total. The molecule has 0 aliphatic carbocycles. The number of primary amides is 1. The van der Waals surface area contributed by atoms with Crippen molar-refractivity contribution >= 4 is 5.91 Å². The van der Waals surface area contributed by atoms with E-state index in [1.807, 2.05) is 4.90 Å². The molecule has 1 saturated heterocycles. The van der Waals surface area contributed by atoms with Gasteiger partial charge in [-0.25, -0.2) is 4.39 Å². The second-order valence-corrected chi connectivity index (χ2v) is 6.88. The van der Waals surface area contributed by atoms with Crippen molar-refractivity contribution in [3.05, 3.63) is 77.5 Å². The summed E-state index contributed by atoms with van der Waals surface area (Å²) in [6.07, 6.45) is -5.03. The number of morpholine rings is 1. The van der Waals surface area contributed by atoms with Crippen LogP contribution in [0.15, 0.2) is 36.4 Å². The molecule has 2 aromatic carbocycles. The normalized spacial score (nSPS) is 16.9. The summed E-state index contributed by atoms with van der Waals surface area (Å²) in [4.78, 5) is 13.3. The predicted octanol–water partition coefficient (Wildman–Crippen LogP) is 0.463. The first-order valence-corrected chi connectivity index (χ1v) is 8.91. The molecule has 0 saturated carbocycles. The Morgan fingerprint density at radius 3 is 2.55 bits per heavy atom. The van der Waals surface area contributed by atoms with E-state index in [2.05, 4.69) is 0 Å². The van der Waals surface area contributed by atoms with E-state index in [0.29, 0.717) is 36.9 Å². The van der Waals surface area contributed by atoms with Gasteiger partial charge in [0.2, 0.25) is 5.91 Å². The molecule has 1 atom stereocenters. The Hall–Kier alpha value is -0.438. The van der Waals surface area contributed by atoms with Gasteiger partial charge in [0.15, 0.2) is 0 Å². The molecule has 1 aliphatic rings. The number of rotatable bonds is 5. The maximum absolute atomic E-state index is 13.6. The standard InChI is InChI=1S/C20H20F4N2O3.CH3.Cs/c21-16-6-12(5-15(8-16)20(22,23)24)9-26-3-4-29-18(10-26)13-1-2-17(19(25)28)14(7-13)11-27;;/h1-2,5-8,18,27H,3-4,9-11H2,(H2,25,28);1H3;/q;-1;+1. The van der Waals surface area contributed by atoms with Gasteiger partial charge in [0.05, 0.1) is 24.9 Å². The van der Waals surface area contributed by atoms with Gasteiger partial charge in [-0.15, -0.1) is 0 Å². The molecule has 3 rings (SSSR count). The molecule has 2 aromatic rings. The fourth-order valence-corrected chi connectivity index (χ4v) is 3.40. The summed E-state index contributed by atoms with van der Waals surface area (Å²) in [5.74, 6) is -1.59. The maximum Gasteiger partial charge on any atom is 1.00 e. The molecule has 1 aliphatic heterocycles. The molecule has 1 unspecified atom stereocenters. The largest absolute Gasteiger partial charge is 1.00 e. The Labute approximate surface area is 237 Å². The van der Waals surface area contributed by atoms with E-state index in [0.717, 1.165) is 12.1 Å². The summed E-state index contributed by atoms with van der Waals surface area (Å²) in [7, 11) is 0.